The number of hydrogen-bond acceptors (Lipinski definition) is 1. The van der Waals surface area contributed by atoms with Gasteiger partial charge in [0.05, 0.1) is 0 Å². The molecule has 0 aliphatic rings. The number of hydrogen-bond donors (Lipinski definition) is 0. The van der Waals surface area contributed by atoms with Crippen molar-refractivity contribution in [3.63, 3.8) is 0 Å². The van der Waals surface area contributed by atoms with E-state index in [2.05, 4.69) is 37.3 Å². The summed E-state index contributed by atoms with van der Waals surface area (Å²) >= 11 is 0. The molecule has 0 N–H and O–H groups in total. The molecule has 0 radical (unpaired) electrons. The van der Waals surface area contributed by atoms with Gasteiger partial charge < -0.3 is 21.7 Å². The molecule has 0 saturated carbocycles. The van der Waals surface area contributed by atoms with Gasteiger partial charge in [-0.25, -0.2) is 0 Å². The van der Waals surface area contributed by atoms with Gasteiger partial charge in [-0.3, -0.25) is 0 Å². The number of rotatable bonds is 3. The van der Waals surface area contributed by atoms with Gasteiger partial charge in [0.25, 0.3) is 0 Å². The largest absolute Gasteiger partial charge is 2.00 e. The maximum Gasteiger partial charge on any atom is 2.00 e. The summed E-state index contributed by atoms with van der Waals surface area (Å²) in [6.45, 7) is 2.70. The normalized spacial score (nSPS) is 8.76. The summed E-state index contributed by atoms with van der Waals surface area (Å²) in [5.41, 5.74) is 2.46. The first-order chi connectivity index (χ1) is 7.34. The van der Waals surface area contributed by atoms with Crippen LogP contribution < -0.4 is 21.7 Å². The van der Waals surface area contributed by atoms with Crippen LogP contribution in [-0.4, -0.2) is 23.1 Å². The van der Waals surface area contributed by atoms with Gasteiger partial charge in [-0.1, -0.05) is 29.8 Å². The summed E-state index contributed by atoms with van der Waals surface area (Å²) in [6.07, 6.45) is 0. The van der Waals surface area contributed by atoms with Crippen LogP contribution in [0.4, 0.5) is 0 Å². The molecule has 0 saturated heterocycles. The molecule has 0 amide bonds. The van der Waals surface area contributed by atoms with Crippen LogP contribution in [0.5, 0.6) is 5.75 Å². The van der Waals surface area contributed by atoms with Gasteiger partial charge in [0, 0.05) is 5.75 Å². The van der Waals surface area contributed by atoms with E-state index in [9.17, 15) is 0 Å². The maximum atomic E-state index is 5.61. The van der Waals surface area contributed by atoms with Crippen molar-refractivity contribution in [1.82, 2.24) is 0 Å². The number of ether oxygens (including phenoxy) is 1. The smallest absolute Gasteiger partial charge is 1.00 e. The Labute approximate surface area is 129 Å². The third kappa shape index (κ3) is 5.57. The number of halogens is 1. The second-order valence-electron chi connectivity index (χ2n) is 3.51. The molecule has 0 fully saturated rings. The predicted octanol–water partition coefficient (Wildman–Crippen LogP) is -0.00259. The Morgan fingerprint density at radius 3 is 2.18 bits per heavy atom. The molecule has 0 bridgehead atoms. The third-order valence-corrected chi connectivity index (χ3v) is 2.21. The number of benzene rings is 2. The fourth-order valence-corrected chi connectivity index (χ4v) is 1.32. The summed E-state index contributed by atoms with van der Waals surface area (Å²) in [4.78, 5) is 0. The van der Waals surface area contributed by atoms with Gasteiger partial charge in [0.15, 0.2) is 0 Å². The molecule has 2 aromatic carbocycles. The first kappa shape index (κ1) is 16.5. The van der Waals surface area contributed by atoms with Crippen molar-refractivity contribution in [3.05, 3.63) is 65.7 Å². The fourth-order valence-electron chi connectivity index (χ4n) is 1.32. The monoisotopic (exact) mass is 300 g/mol. The van der Waals surface area contributed by atoms with E-state index in [4.69, 9.17) is 4.74 Å². The first-order valence-corrected chi connectivity index (χ1v) is 4.99. The summed E-state index contributed by atoms with van der Waals surface area (Å²) in [5.74, 6) is 0.884. The van der Waals surface area contributed by atoms with Crippen molar-refractivity contribution in [2.45, 2.75) is 13.5 Å². The molecule has 0 unspecified atom stereocenters. The molecule has 3 heteroatoms. The van der Waals surface area contributed by atoms with Crippen LogP contribution in [0, 0.1) is 13.0 Å². The standard InChI is InChI=1S/C14H13O.BrH.Mg/c1-12-7-9-13(10-8-12)11-15-14-5-3-2-4-6-14;;/h3-10H,11H2,1H3;1H;/q-1;;+2/p-1. The van der Waals surface area contributed by atoms with Crippen molar-refractivity contribution >= 4 is 23.1 Å². The Kier molecular flexibility index (Phi) is 8.30. The maximum absolute atomic E-state index is 5.61. The summed E-state index contributed by atoms with van der Waals surface area (Å²) in [6, 6.07) is 18.8. The molecule has 84 valence electrons. The van der Waals surface area contributed by atoms with Crippen molar-refractivity contribution < 1.29 is 21.7 Å². The third-order valence-electron chi connectivity index (χ3n) is 2.21. The summed E-state index contributed by atoms with van der Waals surface area (Å²) in [5, 5.41) is 0. The van der Waals surface area contributed by atoms with Gasteiger partial charge in [-0.05, 0) is 12.5 Å². The Morgan fingerprint density at radius 1 is 1.00 bits per heavy atom. The van der Waals surface area contributed by atoms with E-state index in [-0.39, 0.29) is 40.0 Å². The first-order valence-electron chi connectivity index (χ1n) is 4.99. The minimum absolute atomic E-state index is 0. The van der Waals surface area contributed by atoms with Crippen LogP contribution in [0.3, 0.4) is 0 Å². The second kappa shape index (κ2) is 8.56. The number of aryl methyl sites for hydroxylation is 1. The van der Waals surface area contributed by atoms with Crippen molar-refractivity contribution in [2.24, 2.45) is 0 Å². The molecule has 0 atom stereocenters. The van der Waals surface area contributed by atoms with E-state index in [1.807, 2.05) is 24.3 Å². The quantitative estimate of drug-likeness (QED) is 0.573. The summed E-state index contributed by atoms with van der Waals surface area (Å²) < 4.78 is 5.61. The van der Waals surface area contributed by atoms with Gasteiger partial charge in [-0.15, -0.1) is 12.1 Å². The van der Waals surface area contributed by atoms with E-state index < -0.39 is 0 Å². The molecule has 0 heterocycles. The van der Waals surface area contributed by atoms with Crippen LogP contribution >= 0.6 is 0 Å². The average Bonchev–Trinajstić information content (AvgIpc) is 2.30. The zero-order chi connectivity index (χ0) is 10.5. The topological polar surface area (TPSA) is 9.23 Å². The molecule has 0 aliphatic carbocycles. The Hall–Kier alpha value is -0.514. The van der Waals surface area contributed by atoms with Gasteiger partial charge in [0.2, 0.25) is 0 Å². The van der Waals surface area contributed by atoms with Crippen molar-refractivity contribution in [3.8, 4) is 5.75 Å². The fraction of sp³-hybridized carbons (Fsp3) is 0.143. The Balaban J connectivity index is 0.00000128. The molecule has 0 aromatic heterocycles. The zero-order valence-corrected chi connectivity index (χ0v) is 12.8. The zero-order valence-electron chi connectivity index (χ0n) is 9.82. The van der Waals surface area contributed by atoms with Crippen molar-refractivity contribution in [1.29, 1.82) is 0 Å². The van der Waals surface area contributed by atoms with Crippen LogP contribution in [0.2, 0.25) is 0 Å². The predicted molar refractivity (Wildman–Crippen MR) is 66.5 cm³/mol. The van der Waals surface area contributed by atoms with E-state index in [1.165, 1.54) is 11.1 Å². The van der Waals surface area contributed by atoms with Crippen LogP contribution in [0.1, 0.15) is 11.1 Å². The van der Waals surface area contributed by atoms with Gasteiger partial charge in [-0.2, -0.15) is 18.2 Å². The summed E-state index contributed by atoms with van der Waals surface area (Å²) in [7, 11) is 0. The van der Waals surface area contributed by atoms with Crippen LogP contribution in [0.15, 0.2) is 48.5 Å². The van der Waals surface area contributed by atoms with Crippen LogP contribution in [-0.2, 0) is 6.61 Å². The molecular formula is C14H13BrMgO. The minimum atomic E-state index is 0. The van der Waals surface area contributed by atoms with E-state index >= 15 is 0 Å². The SMILES string of the molecule is Cc1ccc(COc2cc[c-]cc2)cc1.[Br-].[Mg+2]. The van der Waals surface area contributed by atoms with E-state index in [1.54, 1.807) is 0 Å². The van der Waals surface area contributed by atoms with Gasteiger partial charge in [0.1, 0.15) is 6.61 Å². The molecule has 17 heavy (non-hydrogen) atoms. The Bertz CT molecular complexity index is 414. The molecule has 0 spiro atoms. The van der Waals surface area contributed by atoms with Crippen LogP contribution in [0.25, 0.3) is 0 Å². The van der Waals surface area contributed by atoms with Crippen molar-refractivity contribution in [2.75, 3.05) is 0 Å². The second-order valence-corrected chi connectivity index (χ2v) is 3.51. The van der Waals surface area contributed by atoms with Gasteiger partial charge >= 0.3 is 23.1 Å². The average molecular weight is 301 g/mol. The van der Waals surface area contributed by atoms with E-state index in [0.717, 1.165) is 5.75 Å². The molecular weight excluding hydrogens is 288 g/mol. The molecule has 0 aliphatic heterocycles. The minimum Gasteiger partial charge on any atom is -1.00 e. The molecule has 2 rings (SSSR count). The molecule has 2 aromatic rings. The Morgan fingerprint density at radius 2 is 1.59 bits per heavy atom. The molecule has 1 nitrogen and oxygen atoms in total. The van der Waals surface area contributed by atoms with E-state index in [0.29, 0.717) is 6.61 Å².